The Labute approximate surface area is 183 Å². The van der Waals surface area contributed by atoms with Gasteiger partial charge in [0.15, 0.2) is 23.3 Å². The van der Waals surface area contributed by atoms with E-state index in [9.17, 15) is 27.2 Å². The SMILES string of the molecule is CC1OC[C@@H](N(C)C(=O)c2cc3cc(F)c(F)cc3[nH]2)c2c1[nH]c(=O)c1cc(F)c(F)cc21. The number of likely N-dealkylation sites (N-methyl/N-ethyl adjacent to an activating group) is 1. The third-order valence-corrected chi connectivity index (χ3v) is 6.06. The van der Waals surface area contributed by atoms with Crippen molar-refractivity contribution in [1.82, 2.24) is 14.9 Å². The number of hydrogen-bond donors (Lipinski definition) is 2. The molecule has 3 heterocycles. The average Bonchev–Trinajstić information content (AvgIpc) is 3.18. The first kappa shape index (κ1) is 21.2. The molecule has 2 atom stereocenters. The summed E-state index contributed by atoms with van der Waals surface area (Å²) < 4.78 is 60.8. The Morgan fingerprint density at radius 3 is 2.33 bits per heavy atom. The summed E-state index contributed by atoms with van der Waals surface area (Å²) in [7, 11) is 1.49. The van der Waals surface area contributed by atoms with Gasteiger partial charge >= 0.3 is 0 Å². The van der Waals surface area contributed by atoms with E-state index in [1.807, 2.05) is 0 Å². The first-order valence-electron chi connectivity index (χ1n) is 10.1. The van der Waals surface area contributed by atoms with E-state index in [0.29, 0.717) is 16.6 Å². The van der Waals surface area contributed by atoms with Gasteiger partial charge in [0.2, 0.25) is 0 Å². The number of ether oxygens (including phenoxy) is 1. The second-order valence-electron chi connectivity index (χ2n) is 8.04. The van der Waals surface area contributed by atoms with Gasteiger partial charge in [-0.1, -0.05) is 0 Å². The molecule has 1 unspecified atom stereocenters. The lowest BCUT2D eigenvalue weighted by Crippen LogP contribution is -2.38. The Balaban J connectivity index is 1.63. The van der Waals surface area contributed by atoms with E-state index in [4.69, 9.17) is 4.74 Å². The lowest BCUT2D eigenvalue weighted by Gasteiger charge is -2.36. The molecule has 0 saturated heterocycles. The number of aromatic amines is 2. The monoisotopic (exact) mass is 459 g/mol. The molecule has 0 saturated carbocycles. The highest BCUT2D eigenvalue weighted by molar-refractivity contribution is 5.98. The maximum Gasteiger partial charge on any atom is 0.270 e. The fraction of sp³-hybridized carbons (Fsp3) is 0.217. The smallest absolute Gasteiger partial charge is 0.270 e. The first-order chi connectivity index (χ1) is 15.7. The molecular formula is C23H17F4N3O3. The largest absolute Gasteiger partial charge is 0.370 e. The molecule has 2 aromatic heterocycles. The predicted molar refractivity (Wildman–Crippen MR) is 112 cm³/mol. The molecule has 0 radical (unpaired) electrons. The molecule has 5 rings (SSSR count). The van der Waals surface area contributed by atoms with Crippen LogP contribution in [-0.2, 0) is 4.74 Å². The highest BCUT2D eigenvalue weighted by atomic mass is 19.2. The van der Waals surface area contributed by atoms with Crippen LogP contribution in [0.1, 0.15) is 40.8 Å². The van der Waals surface area contributed by atoms with Gasteiger partial charge in [0.1, 0.15) is 5.69 Å². The van der Waals surface area contributed by atoms with Crippen LogP contribution in [0.5, 0.6) is 0 Å². The van der Waals surface area contributed by atoms with Crippen LogP contribution in [0.15, 0.2) is 35.1 Å². The molecule has 10 heteroatoms. The molecule has 2 aromatic carbocycles. The standard InChI is InChI=1S/C23H17F4N3O3/c1-9-21-20(11-5-14(25)15(26)6-12(11)22(31)29-21)19(8-33-9)30(2)23(32)18-4-10-3-13(24)16(27)7-17(10)28-18/h3-7,9,19,28H,8H2,1-2H3,(H,29,31)/t9?,19-/m1/s1. The van der Waals surface area contributed by atoms with Crippen LogP contribution >= 0.6 is 0 Å². The number of halogens is 4. The zero-order valence-corrected chi connectivity index (χ0v) is 17.4. The lowest BCUT2D eigenvalue weighted by molar-refractivity contribution is 0.00289. The Morgan fingerprint density at radius 1 is 0.970 bits per heavy atom. The van der Waals surface area contributed by atoms with Gasteiger partial charge in [-0.2, -0.15) is 0 Å². The van der Waals surface area contributed by atoms with Crippen LogP contribution in [0, 0.1) is 23.3 Å². The van der Waals surface area contributed by atoms with Crippen molar-refractivity contribution < 1.29 is 27.1 Å². The van der Waals surface area contributed by atoms with Gasteiger partial charge in [-0.3, -0.25) is 9.59 Å². The van der Waals surface area contributed by atoms with Crippen LogP contribution < -0.4 is 5.56 Å². The van der Waals surface area contributed by atoms with E-state index in [2.05, 4.69) is 9.97 Å². The summed E-state index contributed by atoms with van der Waals surface area (Å²) >= 11 is 0. The van der Waals surface area contributed by atoms with E-state index in [1.54, 1.807) is 6.92 Å². The van der Waals surface area contributed by atoms with Crippen LogP contribution in [-0.4, -0.2) is 34.4 Å². The Bertz CT molecular complexity index is 1470. The molecule has 2 N–H and O–H groups in total. The van der Waals surface area contributed by atoms with Crippen molar-refractivity contribution in [1.29, 1.82) is 0 Å². The second kappa shape index (κ2) is 7.45. The number of amides is 1. The highest BCUT2D eigenvalue weighted by Crippen LogP contribution is 2.38. The van der Waals surface area contributed by atoms with Crippen molar-refractivity contribution in [2.24, 2.45) is 0 Å². The number of rotatable bonds is 2. The minimum Gasteiger partial charge on any atom is -0.370 e. The molecule has 1 aliphatic heterocycles. The average molecular weight is 459 g/mol. The topological polar surface area (TPSA) is 78.2 Å². The molecular weight excluding hydrogens is 442 g/mol. The molecule has 1 amide bonds. The van der Waals surface area contributed by atoms with E-state index in [0.717, 1.165) is 24.3 Å². The van der Waals surface area contributed by atoms with Crippen molar-refractivity contribution in [3.05, 3.63) is 80.9 Å². The van der Waals surface area contributed by atoms with Crippen LogP contribution in [0.25, 0.3) is 21.7 Å². The number of benzene rings is 2. The highest BCUT2D eigenvalue weighted by Gasteiger charge is 2.34. The van der Waals surface area contributed by atoms with Gasteiger partial charge in [-0.25, -0.2) is 17.6 Å². The van der Waals surface area contributed by atoms with E-state index in [1.165, 1.54) is 18.0 Å². The van der Waals surface area contributed by atoms with Crippen molar-refractivity contribution in [2.45, 2.75) is 19.1 Å². The van der Waals surface area contributed by atoms with Crippen LogP contribution in [0.2, 0.25) is 0 Å². The Hall–Kier alpha value is -3.66. The van der Waals surface area contributed by atoms with Crippen LogP contribution in [0.3, 0.4) is 0 Å². The number of hydrogen-bond acceptors (Lipinski definition) is 3. The minimum absolute atomic E-state index is 0.0278. The summed E-state index contributed by atoms with van der Waals surface area (Å²) in [6.07, 6.45) is -0.552. The number of carbonyl (C=O) groups excluding carboxylic acids is 1. The van der Waals surface area contributed by atoms with Crippen molar-refractivity contribution in [3.8, 4) is 0 Å². The van der Waals surface area contributed by atoms with Crippen LogP contribution in [0.4, 0.5) is 17.6 Å². The number of aromatic nitrogens is 2. The zero-order valence-electron chi connectivity index (χ0n) is 17.4. The summed E-state index contributed by atoms with van der Waals surface area (Å²) in [4.78, 5) is 32.5. The molecule has 0 bridgehead atoms. The van der Waals surface area contributed by atoms with Gasteiger partial charge in [0, 0.05) is 29.6 Å². The van der Waals surface area contributed by atoms with Crippen molar-refractivity contribution in [2.75, 3.05) is 13.7 Å². The molecule has 6 nitrogen and oxygen atoms in total. The number of nitrogens with zero attached hydrogens (tertiary/aromatic N) is 1. The second-order valence-corrected chi connectivity index (χ2v) is 8.04. The quantitative estimate of drug-likeness (QED) is 0.434. The molecule has 1 aliphatic rings. The summed E-state index contributed by atoms with van der Waals surface area (Å²) in [5, 5.41) is 0.435. The third-order valence-electron chi connectivity index (χ3n) is 6.06. The molecule has 0 spiro atoms. The van der Waals surface area contributed by atoms with Gasteiger partial charge in [-0.15, -0.1) is 0 Å². The number of H-pyrrole nitrogens is 2. The molecule has 4 aromatic rings. The van der Waals surface area contributed by atoms with Gasteiger partial charge < -0.3 is 19.6 Å². The molecule has 0 aliphatic carbocycles. The van der Waals surface area contributed by atoms with Gasteiger partial charge in [0.05, 0.1) is 29.8 Å². The number of pyridine rings is 1. The van der Waals surface area contributed by atoms with E-state index >= 15 is 0 Å². The number of carbonyl (C=O) groups is 1. The Kier molecular flexibility index (Phi) is 4.78. The lowest BCUT2D eigenvalue weighted by atomic mass is 9.93. The summed E-state index contributed by atoms with van der Waals surface area (Å²) in [5.41, 5.74) is 0.504. The number of fused-ring (bicyclic) bond motifs is 4. The maximum atomic E-state index is 14.1. The van der Waals surface area contributed by atoms with Gasteiger partial charge in [0.25, 0.3) is 11.5 Å². The minimum atomic E-state index is -1.16. The van der Waals surface area contributed by atoms with E-state index in [-0.39, 0.29) is 28.6 Å². The van der Waals surface area contributed by atoms with E-state index < -0.39 is 46.9 Å². The normalized spacial score (nSPS) is 18.0. The fourth-order valence-corrected chi connectivity index (χ4v) is 4.32. The number of nitrogens with one attached hydrogen (secondary N) is 2. The summed E-state index contributed by atoms with van der Waals surface area (Å²) in [5.74, 6) is -4.90. The van der Waals surface area contributed by atoms with Crippen molar-refractivity contribution in [3.63, 3.8) is 0 Å². The Morgan fingerprint density at radius 2 is 1.61 bits per heavy atom. The predicted octanol–water partition coefficient (Wildman–Crippen LogP) is 4.47. The van der Waals surface area contributed by atoms with Gasteiger partial charge in [-0.05, 0) is 36.6 Å². The van der Waals surface area contributed by atoms with Crippen molar-refractivity contribution >= 4 is 27.6 Å². The first-order valence-corrected chi connectivity index (χ1v) is 10.1. The molecule has 33 heavy (non-hydrogen) atoms. The maximum absolute atomic E-state index is 14.1. The molecule has 0 fully saturated rings. The third kappa shape index (κ3) is 3.29. The summed E-state index contributed by atoms with van der Waals surface area (Å²) in [6, 6.07) is 4.34. The molecule has 170 valence electrons. The zero-order chi connectivity index (χ0) is 23.6. The fourth-order valence-electron chi connectivity index (χ4n) is 4.32. The summed E-state index contributed by atoms with van der Waals surface area (Å²) in [6.45, 7) is 1.72.